The highest BCUT2D eigenvalue weighted by atomic mass is 35.7. The van der Waals surface area contributed by atoms with Crippen LogP contribution in [0.25, 0.3) is 0 Å². The fourth-order valence-electron chi connectivity index (χ4n) is 2.29. The number of rotatable bonds is 5. The summed E-state index contributed by atoms with van der Waals surface area (Å²) in [5, 5.41) is 0. The fraction of sp³-hybridized carbons (Fsp3) is 0.455. The van der Waals surface area contributed by atoms with Gasteiger partial charge in [0, 0.05) is 11.4 Å². The van der Waals surface area contributed by atoms with E-state index in [1.165, 1.54) is 22.3 Å². The molecule has 2 rings (SSSR count). The minimum absolute atomic E-state index is 0. The van der Waals surface area contributed by atoms with Crippen molar-refractivity contribution < 1.29 is 4.48 Å². The highest BCUT2D eigenvalue weighted by Gasteiger charge is 2.07. The number of quaternary nitrogens is 1. The van der Waals surface area contributed by atoms with Gasteiger partial charge in [0.1, 0.15) is 6.54 Å². The molecule has 0 aliphatic carbocycles. The summed E-state index contributed by atoms with van der Waals surface area (Å²) in [5.41, 5.74) is 5.41. The van der Waals surface area contributed by atoms with Gasteiger partial charge in [0.2, 0.25) is 0 Å². The molecular weight excluding hydrogens is 511 g/mol. The van der Waals surface area contributed by atoms with Crippen LogP contribution in [0.3, 0.4) is 0 Å². The monoisotopic (exact) mass is 544 g/mol. The standard InChI is InChI=1S/C12H20N.C9H11Cl.CH3PS.ClPS.ClH/c1-5-11-6-8-12(9-7-11)10-13(2,3)4;1-2-8-3-5-9(7-10)6-4-8;2*1-2-3;/h6-9H,5,10H2,1-4H3;3-6H,2,7H2,1H3;1H3;;1H/q+1;;;;. The molecule has 30 heavy (non-hydrogen) atoms. The molecule has 0 amide bonds. The Kier molecular flexibility index (Phi) is 26.2. The van der Waals surface area contributed by atoms with E-state index in [4.69, 9.17) is 22.8 Å². The van der Waals surface area contributed by atoms with Crippen LogP contribution < -0.4 is 0 Å². The average Bonchev–Trinajstić information content (AvgIpc) is 2.69. The van der Waals surface area contributed by atoms with Gasteiger partial charge in [-0.3, -0.25) is 0 Å². The van der Waals surface area contributed by atoms with Gasteiger partial charge in [-0.05, 0) is 66.6 Å². The van der Waals surface area contributed by atoms with Crippen LogP contribution in [-0.2, 0) is 48.9 Å². The van der Waals surface area contributed by atoms with Crippen molar-refractivity contribution in [2.24, 2.45) is 0 Å². The molecule has 1 nitrogen and oxygen atoms in total. The van der Waals surface area contributed by atoms with E-state index in [1.807, 2.05) is 6.66 Å². The lowest BCUT2D eigenvalue weighted by Crippen LogP contribution is -2.33. The van der Waals surface area contributed by atoms with Crippen molar-refractivity contribution in [3.63, 3.8) is 0 Å². The fourth-order valence-corrected chi connectivity index (χ4v) is 2.47. The number of hydrogen-bond donors (Lipinski definition) is 0. The molecule has 0 aliphatic heterocycles. The third kappa shape index (κ3) is 21.5. The molecule has 0 heterocycles. The molecule has 0 bridgehead atoms. The van der Waals surface area contributed by atoms with Gasteiger partial charge >= 0.3 is 0 Å². The predicted molar refractivity (Wildman–Crippen MR) is 151 cm³/mol. The van der Waals surface area contributed by atoms with E-state index < -0.39 is 0 Å². The van der Waals surface area contributed by atoms with Crippen molar-refractivity contribution in [2.75, 3.05) is 27.8 Å². The summed E-state index contributed by atoms with van der Waals surface area (Å²) >= 11 is 18.9. The molecule has 0 radical (unpaired) electrons. The van der Waals surface area contributed by atoms with Gasteiger partial charge < -0.3 is 4.48 Å². The zero-order chi connectivity index (χ0) is 22.7. The van der Waals surface area contributed by atoms with Gasteiger partial charge in [0.15, 0.2) is 0 Å². The van der Waals surface area contributed by atoms with Crippen LogP contribution in [0.2, 0.25) is 0 Å². The van der Waals surface area contributed by atoms with Crippen molar-refractivity contribution in [1.82, 2.24) is 0 Å². The van der Waals surface area contributed by atoms with Crippen LogP contribution in [0.4, 0.5) is 0 Å². The maximum Gasteiger partial charge on any atom is 0.104 e. The number of halogens is 3. The largest absolute Gasteiger partial charge is 0.327 e. The minimum Gasteiger partial charge on any atom is -0.327 e. The third-order valence-electron chi connectivity index (χ3n) is 3.67. The zero-order valence-electron chi connectivity index (χ0n) is 18.8. The van der Waals surface area contributed by atoms with Crippen LogP contribution in [-0.4, -0.2) is 32.3 Å². The average molecular weight is 546 g/mol. The summed E-state index contributed by atoms with van der Waals surface area (Å²) < 4.78 is 0.992. The maximum atomic E-state index is 5.62. The third-order valence-corrected chi connectivity index (χ3v) is 3.98. The Bertz CT molecular complexity index is 633. The normalized spacial score (nSPS) is 9.73. The zero-order valence-corrected chi connectivity index (χ0v) is 24.5. The quantitative estimate of drug-likeness (QED) is 0.210. The summed E-state index contributed by atoms with van der Waals surface area (Å²) in [6.45, 7) is 7.82. The Labute approximate surface area is 214 Å². The van der Waals surface area contributed by atoms with Crippen LogP contribution in [0.1, 0.15) is 36.1 Å². The molecule has 0 unspecified atom stereocenters. The van der Waals surface area contributed by atoms with Gasteiger partial charge in [-0.25, -0.2) is 0 Å². The first-order valence-electron chi connectivity index (χ1n) is 9.38. The summed E-state index contributed by atoms with van der Waals surface area (Å²) in [6.07, 6.45) is 2.23. The van der Waals surface area contributed by atoms with Crippen molar-refractivity contribution in [3.05, 3.63) is 70.8 Å². The molecule has 0 saturated carbocycles. The summed E-state index contributed by atoms with van der Waals surface area (Å²) in [7, 11) is 7.65. The maximum absolute atomic E-state index is 5.62. The van der Waals surface area contributed by atoms with Crippen LogP contribution in [0, 0.1) is 0 Å². The molecule has 0 N–H and O–H groups in total. The van der Waals surface area contributed by atoms with Crippen molar-refractivity contribution in [1.29, 1.82) is 0 Å². The highest BCUT2D eigenvalue weighted by molar-refractivity contribution is 8.08. The number of benzene rings is 2. The van der Waals surface area contributed by atoms with E-state index in [0.717, 1.165) is 31.2 Å². The van der Waals surface area contributed by atoms with Crippen LogP contribution in [0.15, 0.2) is 48.5 Å². The SMILES string of the molecule is CCc1ccc(CCl)cc1.CCc1ccc(C[N+](C)(C)C)cc1.CP=S.Cl.S=PCl. The molecule has 0 fully saturated rings. The smallest absolute Gasteiger partial charge is 0.104 e. The van der Waals surface area contributed by atoms with Gasteiger partial charge in [-0.2, -0.15) is 0 Å². The molecule has 0 atom stereocenters. The Morgan fingerprint density at radius 1 is 0.767 bits per heavy atom. The Morgan fingerprint density at radius 2 is 1.03 bits per heavy atom. The molecule has 2 aromatic carbocycles. The van der Waals surface area contributed by atoms with Gasteiger partial charge in [-0.15, -0.1) is 24.0 Å². The molecule has 0 aliphatic rings. The van der Waals surface area contributed by atoms with Crippen LogP contribution >= 0.6 is 49.3 Å². The second kappa shape index (κ2) is 22.5. The van der Waals surface area contributed by atoms with Gasteiger partial charge in [-0.1, -0.05) is 74.2 Å². The van der Waals surface area contributed by atoms with Crippen LogP contribution in [0.5, 0.6) is 0 Å². The molecule has 0 saturated heterocycles. The molecule has 0 aromatic heterocycles. The minimum atomic E-state index is 0. The predicted octanol–water partition coefficient (Wildman–Crippen LogP) is 8.44. The van der Waals surface area contributed by atoms with E-state index in [2.05, 4.69) is 107 Å². The lowest BCUT2D eigenvalue weighted by atomic mass is 10.1. The summed E-state index contributed by atoms with van der Waals surface area (Å²) in [6, 6.07) is 17.3. The number of nitrogens with zero attached hydrogens (tertiary/aromatic N) is 1. The number of aryl methyl sites for hydroxylation is 2. The van der Waals surface area contributed by atoms with E-state index in [-0.39, 0.29) is 12.4 Å². The molecule has 2 aromatic rings. The van der Waals surface area contributed by atoms with Gasteiger partial charge in [0.05, 0.1) is 27.9 Å². The summed E-state index contributed by atoms with van der Waals surface area (Å²) in [4.78, 5) is 0. The van der Waals surface area contributed by atoms with E-state index in [9.17, 15) is 0 Å². The Morgan fingerprint density at radius 3 is 1.27 bits per heavy atom. The van der Waals surface area contributed by atoms with Crippen molar-refractivity contribution in [2.45, 2.75) is 39.1 Å². The highest BCUT2D eigenvalue weighted by Crippen LogP contribution is 2.09. The Hall–Kier alpha value is 0.310. The Balaban J connectivity index is -0.000000381. The second-order valence-corrected chi connectivity index (χ2v) is 10.7. The molecule has 8 heteroatoms. The molecule has 0 spiro atoms. The second-order valence-electron chi connectivity index (χ2n) is 7.17. The van der Waals surface area contributed by atoms with Gasteiger partial charge in [0.25, 0.3) is 0 Å². The van der Waals surface area contributed by atoms with E-state index in [0.29, 0.717) is 12.6 Å². The first-order valence-corrected chi connectivity index (χ1v) is 15.1. The summed E-state index contributed by atoms with van der Waals surface area (Å²) in [5.74, 6) is 0.615. The van der Waals surface area contributed by atoms with Crippen molar-refractivity contribution >= 4 is 72.9 Å². The van der Waals surface area contributed by atoms with Crippen molar-refractivity contribution in [3.8, 4) is 0 Å². The topological polar surface area (TPSA) is 0 Å². The van der Waals surface area contributed by atoms with E-state index in [1.54, 1.807) is 0 Å². The van der Waals surface area contributed by atoms with E-state index >= 15 is 0 Å². The lowest BCUT2D eigenvalue weighted by molar-refractivity contribution is -0.884. The first kappa shape index (κ1) is 34.9. The first-order chi connectivity index (χ1) is 13.7. The lowest BCUT2D eigenvalue weighted by Gasteiger charge is -2.23. The molecule has 170 valence electrons. The number of hydrogen-bond acceptors (Lipinski definition) is 2. The molecular formula is C22H35Cl3NP2S2+. The number of alkyl halides is 1.